The van der Waals surface area contributed by atoms with Crippen LogP contribution in [0.3, 0.4) is 0 Å². The van der Waals surface area contributed by atoms with Gasteiger partial charge in [0, 0.05) is 6.04 Å². The van der Waals surface area contributed by atoms with Gasteiger partial charge in [0.2, 0.25) is 0 Å². The minimum absolute atomic E-state index is 0.478. The molecule has 0 spiro atoms. The van der Waals surface area contributed by atoms with Gasteiger partial charge in [0.25, 0.3) is 0 Å². The summed E-state index contributed by atoms with van der Waals surface area (Å²) in [7, 11) is 2.09. The van der Waals surface area contributed by atoms with Crippen LogP contribution in [0.5, 0.6) is 0 Å². The summed E-state index contributed by atoms with van der Waals surface area (Å²) >= 11 is 0. The van der Waals surface area contributed by atoms with Crippen molar-refractivity contribution >= 4 is 0 Å². The number of fused-ring (bicyclic) bond motifs is 1. The molecule has 1 unspecified atom stereocenters. The number of aryl methyl sites for hydroxylation is 2. The number of rotatable bonds is 2. The second-order valence-electron chi connectivity index (χ2n) is 5.29. The molecule has 4 heteroatoms. The van der Waals surface area contributed by atoms with Crippen LogP contribution < -0.4 is 0 Å². The van der Waals surface area contributed by atoms with Crippen LogP contribution in [-0.2, 0) is 19.0 Å². The molecule has 106 valence electrons. The SMILES string of the molecule is CCN(C)C1CCc2ccc(C(F)(F)F)cc2CC1. The zero-order valence-electron chi connectivity index (χ0n) is 11.4. The van der Waals surface area contributed by atoms with E-state index >= 15 is 0 Å². The summed E-state index contributed by atoms with van der Waals surface area (Å²) in [5, 5.41) is 0. The third-order valence-corrected chi connectivity index (χ3v) is 4.15. The van der Waals surface area contributed by atoms with Crippen molar-refractivity contribution in [2.45, 2.75) is 44.8 Å². The number of hydrogen-bond donors (Lipinski definition) is 0. The first-order valence-electron chi connectivity index (χ1n) is 6.81. The summed E-state index contributed by atoms with van der Waals surface area (Å²) in [5.74, 6) is 0. The molecule has 0 bridgehead atoms. The van der Waals surface area contributed by atoms with Gasteiger partial charge in [-0.1, -0.05) is 13.0 Å². The average Bonchev–Trinajstić information content (AvgIpc) is 2.58. The van der Waals surface area contributed by atoms with Gasteiger partial charge in [-0.05, 0) is 62.5 Å². The van der Waals surface area contributed by atoms with E-state index in [2.05, 4.69) is 18.9 Å². The minimum Gasteiger partial charge on any atom is -0.304 e. The van der Waals surface area contributed by atoms with E-state index in [1.54, 1.807) is 6.07 Å². The molecule has 0 saturated carbocycles. The standard InChI is InChI=1S/C15H20F3N/c1-3-19(2)14-8-5-11-4-7-13(15(16,17)18)10-12(11)6-9-14/h4,7,10,14H,3,5-6,8-9H2,1-2H3. The topological polar surface area (TPSA) is 3.24 Å². The fourth-order valence-corrected chi connectivity index (χ4v) is 2.77. The average molecular weight is 271 g/mol. The molecule has 0 aliphatic heterocycles. The number of halogens is 3. The van der Waals surface area contributed by atoms with Gasteiger partial charge in [-0.2, -0.15) is 13.2 Å². The Hall–Kier alpha value is -1.03. The first-order chi connectivity index (χ1) is 8.91. The van der Waals surface area contributed by atoms with E-state index in [0.717, 1.165) is 43.4 Å². The van der Waals surface area contributed by atoms with Crippen LogP contribution in [0.25, 0.3) is 0 Å². The highest BCUT2D eigenvalue weighted by Gasteiger charge is 2.31. The maximum atomic E-state index is 12.7. The zero-order valence-corrected chi connectivity index (χ0v) is 11.4. The first kappa shape index (κ1) is 14.4. The molecule has 0 aromatic heterocycles. The maximum Gasteiger partial charge on any atom is 0.416 e. The van der Waals surface area contributed by atoms with Crippen LogP contribution in [0, 0.1) is 0 Å². The van der Waals surface area contributed by atoms with Crippen molar-refractivity contribution in [3.63, 3.8) is 0 Å². The third-order valence-electron chi connectivity index (χ3n) is 4.15. The Bertz CT molecular complexity index is 440. The van der Waals surface area contributed by atoms with Crippen molar-refractivity contribution in [2.75, 3.05) is 13.6 Å². The van der Waals surface area contributed by atoms with Crippen molar-refractivity contribution in [3.8, 4) is 0 Å². The van der Waals surface area contributed by atoms with Crippen molar-refractivity contribution in [2.24, 2.45) is 0 Å². The predicted molar refractivity (Wildman–Crippen MR) is 70.2 cm³/mol. The maximum absolute atomic E-state index is 12.7. The molecule has 1 aromatic rings. The molecule has 1 nitrogen and oxygen atoms in total. The minimum atomic E-state index is -4.24. The van der Waals surface area contributed by atoms with E-state index in [1.807, 2.05) is 0 Å². The quantitative estimate of drug-likeness (QED) is 0.737. The van der Waals surface area contributed by atoms with Gasteiger partial charge in [0.15, 0.2) is 0 Å². The van der Waals surface area contributed by atoms with Crippen molar-refractivity contribution in [3.05, 3.63) is 34.9 Å². The van der Waals surface area contributed by atoms with E-state index < -0.39 is 11.7 Å². The van der Waals surface area contributed by atoms with Gasteiger partial charge < -0.3 is 4.90 Å². The molecular weight excluding hydrogens is 251 g/mol. The van der Waals surface area contributed by atoms with Crippen molar-refractivity contribution in [1.82, 2.24) is 4.90 Å². The van der Waals surface area contributed by atoms with Crippen LogP contribution >= 0.6 is 0 Å². The summed E-state index contributed by atoms with van der Waals surface area (Å²) in [6, 6.07) is 4.69. The summed E-state index contributed by atoms with van der Waals surface area (Å²) < 4.78 is 38.1. The molecule has 19 heavy (non-hydrogen) atoms. The molecule has 1 aromatic carbocycles. The molecule has 0 amide bonds. The Labute approximate surface area is 112 Å². The van der Waals surface area contributed by atoms with Crippen LogP contribution in [0.1, 0.15) is 36.5 Å². The van der Waals surface area contributed by atoms with Gasteiger partial charge in [-0.3, -0.25) is 0 Å². The van der Waals surface area contributed by atoms with Gasteiger partial charge in [-0.15, -0.1) is 0 Å². The van der Waals surface area contributed by atoms with Crippen LogP contribution in [0.15, 0.2) is 18.2 Å². The molecular formula is C15H20F3N. The van der Waals surface area contributed by atoms with Crippen molar-refractivity contribution < 1.29 is 13.2 Å². The Balaban J connectivity index is 2.19. The smallest absolute Gasteiger partial charge is 0.304 e. The third kappa shape index (κ3) is 3.30. The number of hydrogen-bond acceptors (Lipinski definition) is 1. The lowest BCUT2D eigenvalue weighted by atomic mass is 10.00. The van der Waals surface area contributed by atoms with Gasteiger partial charge >= 0.3 is 6.18 Å². The van der Waals surface area contributed by atoms with Gasteiger partial charge in [-0.25, -0.2) is 0 Å². The van der Waals surface area contributed by atoms with Gasteiger partial charge in [0.05, 0.1) is 5.56 Å². The molecule has 0 saturated heterocycles. The van der Waals surface area contributed by atoms with E-state index in [1.165, 1.54) is 12.1 Å². The van der Waals surface area contributed by atoms with E-state index in [4.69, 9.17) is 0 Å². The fourth-order valence-electron chi connectivity index (χ4n) is 2.77. The summed E-state index contributed by atoms with van der Waals surface area (Å²) in [6.07, 6.45) is -0.640. The number of alkyl halides is 3. The summed E-state index contributed by atoms with van der Waals surface area (Å²) in [4.78, 5) is 2.29. The van der Waals surface area contributed by atoms with E-state index in [-0.39, 0.29) is 0 Å². The lowest BCUT2D eigenvalue weighted by Crippen LogP contribution is -2.31. The fraction of sp³-hybridized carbons (Fsp3) is 0.600. The Morgan fingerprint density at radius 3 is 2.37 bits per heavy atom. The summed E-state index contributed by atoms with van der Waals surface area (Å²) in [5.41, 5.74) is 1.44. The Morgan fingerprint density at radius 1 is 1.16 bits per heavy atom. The largest absolute Gasteiger partial charge is 0.416 e. The van der Waals surface area contributed by atoms with Crippen LogP contribution in [0.4, 0.5) is 13.2 Å². The van der Waals surface area contributed by atoms with E-state index in [9.17, 15) is 13.2 Å². The normalized spacial score (nSPS) is 20.2. The lowest BCUT2D eigenvalue weighted by Gasteiger charge is -2.25. The molecule has 1 aliphatic carbocycles. The predicted octanol–water partition coefficient (Wildman–Crippen LogP) is 3.90. The molecule has 0 heterocycles. The van der Waals surface area contributed by atoms with Gasteiger partial charge in [0.1, 0.15) is 0 Å². The van der Waals surface area contributed by atoms with E-state index in [0.29, 0.717) is 6.04 Å². The molecule has 0 radical (unpaired) electrons. The van der Waals surface area contributed by atoms with Crippen molar-refractivity contribution in [1.29, 1.82) is 0 Å². The highest BCUT2D eigenvalue weighted by atomic mass is 19.4. The highest BCUT2D eigenvalue weighted by molar-refractivity contribution is 5.34. The summed E-state index contributed by atoms with van der Waals surface area (Å²) in [6.45, 7) is 3.09. The Morgan fingerprint density at radius 2 is 1.79 bits per heavy atom. The lowest BCUT2D eigenvalue weighted by molar-refractivity contribution is -0.137. The molecule has 1 aliphatic rings. The molecule has 0 N–H and O–H groups in total. The first-order valence-corrected chi connectivity index (χ1v) is 6.81. The second kappa shape index (κ2) is 5.53. The number of nitrogens with zero attached hydrogens (tertiary/aromatic N) is 1. The van der Waals surface area contributed by atoms with Crippen LogP contribution in [0.2, 0.25) is 0 Å². The monoisotopic (exact) mass is 271 g/mol. The Kier molecular flexibility index (Phi) is 4.19. The molecule has 2 rings (SSSR count). The number of benzene rings is 1. The zero-order chi connectivity index (χ0) is 14.0. The molecule has 0 fully saturated rings. The second-order valence-corrected chi connectivity index (χ2v) is 5.29. The highest BCUT2D eigenvalue weighted by Crippen LogP contribution is 2.32. The molecule has 1 atom stereocenters. The van der Waals surface area contributed by atoms with Crippen LogP contribution in [-0.4, -0.2) is 24.5 Å².